The van der Waals surface area contributed by atoms with Crippen molar-refractivity contribution in [3.63, 3.8) is 0 Å². The number of aromatic nitrogens is 3. The predicted octanol–water partition coefficient (Wildman–Crippen LogP) is 2.79. The molecule has 7 nitrogen and oxygen atoms in total. The maximum absolute atomic E-state index is 12.3. The van der Waals surface area contributed by atoms with Crippen LogP contribution in [0.1, 0.15) is 29.8 Å². The normalized spacial score (nSPS) is 10.6. The van der Waals surface area contributed by atoms with Crippen molar-refractivity contribution in [3.05, 3.63) is 72.3 Å². The highest BCUT2D eigenvalue weighted by Gasteiger charge is 2.08. The van der Waals surface area contributed by atoms with Crippen molar-refractivity contribution in [1.29, 1.82) is 0 Å². The van der Waals surface area contributed by atoms with E-state index in [0.717, 1.165) is 16.9 Å². The molecule has 0 atom stereocenters. The van der Waals surface area contributed by atoms with E-state index in [1.54, 1.807) is 23.1 Å². The second-order valence-corrected chi connectivity index (χ2v) is 6.41. The highest BCUT2D eigenvalue weighted by Crippen LogP contribution is 2.12. The molecule has 7 heteroatoms. The molecule has 2 aromatic carbocycles. The summed E-state index contributed by atoms with van der Waals surface area (Å²) in [5.74, 6) is -0.248. The Morgan fingerprint density at radius 2 is 1.74 bits per heavy atom. The van der Waals surface area contributed by atoms with Crippen molar-refractivity contribution in [1.82, 2.24) is 20.1 Å². The van der Waals surface area contributed by atoms with E-state index in [9.17, 15) is 9.59 Å². The maximum Gasteiger partial charge on any atom is 0.251 e. The van der Waals surface area contributed by atoms with Crippen LogP contribution in [0.3, 0.4) is 0 Å². The quantitative estimate of drug-likeness (QED) is 0.705. The van der Waals surface area contributed by atoms with Crippen molar-refractivity contribution >= 4 is 17.5 Å². The summed E-state index contributed by atoms with van der Waals surface area (Å²) in [5, 5.41) is 9.78. The van der Waals surface area contributed by atoms with Gasteiger partial charge in [-0.25, -0.2) is 9.67 Å². The monoisotopic (exact) mass is 363 g/mol. The molecule has 3 rings (SSSR count). The third kappa shape index (κ3) is 4.78. The Balaban J connectivity index is 1.55. The zero-order chi connectivity index (χ0) is 19.2. The summed E-state index contributed by atoms with van der Waals surface area (Å²) in [6, 6.07) is 14.5. The largest absolute Gasteiger partial charge is 0.348 e. The fraction of sp³-hybridized carbons (Fsp3) is 0.200. The van der Waals surface area contributed by atoms with Gasteiger partial charge in [0.1, 0.15) is 12.7 Å². The molecule has 3 aromatic rings. The highest BCUT2D eigenvalue weighted by molar-refractivity contribution is 5.94. The van der Waals surface area contributed by atoms with Gasteiger partial charge in [-0.1, -0.05) is 26.0 Å². The number of benzene rings is 2. The van der Waals surface area contributed by atoms with Crippen LogP contribution in [-0.2, 0) is 11.3 Å². The van der Waals surface area contributed by atoms with Gasteiger partial charge in [0.05, 0.1) is 5.69 Å². The summed E-state index contributed by atoms with van der Waals surface area (Å²) in [6.45, 7) is 4.09. The molecule has 0 spiro atoms. The first-order chi connectivity index (χ1) is 13.0. The van der Waals surface area contributed by atoms with Crippen molar-refractivity contribution < 1.29 is 9.59 Å². The van der Waals surface area contributed by atoms with Crippen LogP contribution >= 0.6 is 0 Å². The number of hydrogen-bond acceptors (Lipinski definition) is 4. The van der Waals surface area contributed by atoms with Crippen molar-refractivity contribution in [2.75, 3.05) is 5.32 Å². The highest BCUT2D eigenvalue weighted by atomic mass is 16.2. The van der Waals surface area contributed by atoms with Gasteiger partial charge in [0, 0.05) is 23.7 Å². The van der Waals surface area contributed by atoms with Crippen LogP contribution in [0.15, 0.2) is 61.2 Å². The molecule has 138 valence electrons. The third-order valence-corrected chi connectivity index (χ3v) is 4.01. The predicted molar refractivity (Wildman–Crippen MR) is 102 cm³/mol. The van der Waals surface area contributed by atoms with E-state index in [1.807, 2.05) is 50.2 Å². The third-order valence-electron chi connectivity index (χ3n) is 4.01. The summed E-state index contributed by atoms with van der Waals surface area (Å²) in [6.07, 6.45) is 3.06. The van der Waals surface area contributed by atoms with E-state index in [4.69, 9.17) is 0 Å². The topological polar surface area (TPSA) is 88.9 Å². The lowest BCUT2D eigenvalue weighted by Crippen LogP contribution is -2.22. The zero-order valence-electron chi connectivity index (χ0n) is 15.2. The van der Waals surface area contributed by atoms with E-state index in [-0.39, 0.29) is 17.7 Å². The van der Waals surface area contributed by atoms with Crippen LogP contribution in [0.25, 0.3) is 5.69 Å². The van der Waals surface area contributed by atoms with Crippen LogP contribution in [0.5, 0.6) is 0 Å². The molecule has 0 fully saturated rings. The van der Waals surface area contributed by atoms with Gasteiger partial charge in [-0.3, -0.25) is 9.59 Å². The summed E-state index contributed by atoms with van der Waals surface area (Å²) in [4.78, 5) is 27.9. The molecule has 1 aromatic heterocycles. The lowest BCUT2D eigenvalue weighted by atomic mass is 10.1. The van der Waals surface area contributed by atoms with E-state index >= 15 is 0 Å². The Morgan fingerprint density at radius 1 is 1.04 bits per heavy atom. The SMILES string of the molecule is CC(C)C(=O)Nc1ccc(CNC(=O)c2ccc(-n3cncn3)cc2)cc1. The molecule has 0 saturated heterocycles. The Bertz CT molecular complexity index is 901. The molecule has 0 unspecified atom stereocenters. The van der Waals surface area contributed by atoms with Gasteiger partial charge in [-0.05, 0) is 42.0 Å². The smallest absolute Gasteiger partial charge is 0.251 e. The molecule has 0 aliphatic heterocycles. The Kier molecular flexibility index (Phi) is 5.61. The zero-order valence-corrected chi connectivity index (χ0v) is 15.2. The van der Waals surface area contributed by atoms with Crippen LogP contribution in [0.2, 0.25) is 0 Å². The molecular weight excluding hydrogens is 342 g/mol. The number of carbonyl (C=O) groups is 2. The van der Waals surface area contributed by atoms with Gasteiger partial charge in [0.25, 0.3) is 5.91 Å². The van der Waals surface area contributed by atoms with Crippen molar-refractivity contribution in [3.8, 4) is 5.69 Å². The first-order valence-corrected chi connectivity index (χ1v) is 8.66. The van der Waals surface area contributed by atoms with Gasteiger partial charge in [-0.15, -0.1) is 0 Å². The summed E-state index contributed by atoms with van der Waals surface area (Å²) >= 11 is 0. The average molecular weight is 363 g/mol. The molecule has 0 bridgehead atoms. The molecule has 2 N–H and O–H groups in total. The fourth-order valence-electron chi connectivity index (χ4n) is 2.38. The van der Waals surface area contributed by atoms with Crippen LogP contribution in [0.4, 0.5) is 5.69 Å². The van der Waals surface area contributed by atoms with Crippen LogP contribution < -0.4 is 10.6 Å². The number of hydrogen-bond donors (Lipinski definition) is 2. The van der Waals surface area contributed by atoms with Crippen LogP contribution in [0, 0.1) is 5.92 Å². The van der Waals surface area contributed by atoms with E-state index < -0.39 is 0 Å². The summed E-state index contributed by atoms with van der Waals surface area (Å²) in [5.41, 5.74) is 3.10. The second kappa shape index (κ2) is 8.27. The Hall–Kier alpha value is -3.48. The van der Waals surface area contributed by atoms with Crippen molar-refractivity contribution in [2.24, 2.45) is 5.92 Å². The van der Waals surface area contributed by atoms with E-state index in [0.29, 0.717) is 12.1 Å². The van der Waals surface area contributed by atoms with Gasteiger partial charge in [0.2, 0.25) is 5.91 Å². The number of amides is 2. The van der Waals surface area contributed by atoms with Gasteiger partial charge in [-0.2, -0.15) is 5.10 Å². The van der Waals surface area contributed by atoms with Gasteiger partial charge in [0.15, 0.2) is 0 Å². The number of nitrogens with one attached hydrogen (secondary N) is 2. The average Bonchev–Trinajstić information content (AvgIpc) is 3.22. The number of anilines is 1. The molecule has 1 heterocycles. The Labute approximate surface area is 157 Å². The minimum atomic E-state index is -0.155. The minimum Gasteiger partial charge on any atom is -0.348 e. The number of carbonyl (C=O) groups excluding carboxylic acids is 2. The molecule has 0 saturated carbocycles. The first-order valence-electron chi connectivity index (χ1n) is 8.66. The minimum absolute atomic E-state index is 0.0228. The fourth-order valence-corrected chi connectivity index (χ4v) is 2.38. The molecule has 27 heavy (non-hydrogen) atoms. The lowest BCUT2D eigenvalue weighted by molar-refractivity contribution is -0.118. The van der Waals surface area contributed by atoms with E-state index in [2.05, 4.69) is 20.7 Å². The van der Waals surface area contributed by atoms with Gasteiger partial charge < -0.3 is 10.6 Å². The molecule has 2 amide bonds. The number of rotatable bonds is 6. The van der Waals surface area contributed by atoms with E-state index in [1.165, 1.54) is 6.33 Å². The maximum atomic E-state index is 12.3. The molecule has 0 radical (unpaired) electrons. The summed E-state index contributed by atoms with van der Waals surface area (Å²) in [7, 11) is 0. The molecule has 0 aliphatic carbocycles. The first kappa shape index (κ1) is 18.3. The summed E-state index contributed by atoms with van der Waals surface area (Å²) < 4.78 is 1.63. The molecular formula is C20H21N5O2. The standard InChI is InChI=1S/C20H21N5O2/c1-14(2)19(26)24-17-7-3-15(4-8-17)11-22-20(27)16-5-9-18(10-6-16)25-13-21-12-23-25/h3-10,12-14H,11H2,1-2H3,(H,22,27)(H,24,26). The molecule has 0 aliphatic rings. The second-order valence-electron chi connectivity index (χ2n) is 6.41. The lowest BCUT2D eigenvalue weighted by Gasteiger charge is -2.09. The Morgan fingerprint density at radius 3 is 2.33 bits per heavy atom. The van der Waals surface area contributed by atoms with Gasteiger partial charge >= 0.3 is 0 Å². The van der Waals surface area contributed by atoms with Crippen LogP contribution in [-0.4, -0.2) is 26.6 Å². The van der Waals surface area contributed by atoms with Crippen molar-refractivity contribution in [2.45, 2.75) is 20.4 Å². The number of nitrogens with zero attached hydrogens (tertiary/aromatic N) is 3.